The van der Waals surface area contributed by atoms with E-state index in [0.29, 0.717) is 5.56 Å². The van der Waals surface area contributed by atoms with Crippen LogP contribution in [0.1, 0.15) is 64.2 Å². The Labute approximate surface area is 159 Å². The van der Waals surface area contributed by atoms with Gasteiger partial charge in [-0.2, -0.15) is 5.10 Å². The lowest BCUT2D eigenvalue weighted by Crippen LogP contribution is -2.27. The SMILES string of the molecule is Cc1cc(C(=O)NC(C)c2ccc3c(c2)CCCC3)c2c(C)nn(C)c2n1. The zero-order valence-corrected chi connectivity index (χ0v) is 16.5. The first kappa shape index (κ1) is 17.7. The summed E-state index contributed by atoms with van der Waals surface area (Å²) < 4.78 is 1.74. The van der Waals surface area contributed by atoms with E-state index in [2.05, 4.69) is 33.6 Å². The smallest absolute Gasteiger partial charge is 0.252 e. The maximum Gasteiger partial charge on any atom is 0.252 e. The van der Waals surface area contributed by atoms with Gasteiger partial charge in [0.1, 0.15) is 0 Å². The van der Waals surface area contributed by atoms with E-state index in [1.54, 1.807) is 4.68 Å². The van der Waals surface area contributed by atoms with Gasteiger partial charge in [-0.25, -0.2) is 4.98 Å². The predicted octanol–water partition coefficient (Wildman–Crippen LogP) is 3.95. The standard InChI is InChI=1S/C22H26N4O/c1-13-11-19(20-15(3)25-26(4)21(20)23-13)22(27)24-14(2)17-10-9-16-7-5-6-8-18(16)12-17/h9-12,14H,5-8H2,1-4H3,(H,24,27). The first-order chi connectivity index (χ1) is 12.9. The van der Waals surface area contributed by atoms with Gasteiger partial charge in [0, 0.05) is 12.7 Å². The van der Waals surface area contributed by atoms with E-state index in [1.807, 2.05) is 33.9 Å². The van der Waals surface area contributed by atoms with E-state index < -0.39 is 0 Å². The Bertz CT molecular complexity index is 1030. The minimum Gasteiger partial charge on any atom is -0.345 e. The van der Waals surface area contributed by atoms with Gasteiger partial charge in [-0.05, 0) is 69.2 Å². The van der Waals surface area contributed by atoms with Crippen LogP contribution < -0.4 is 5.32 Å². The highest BCUT2D eigenvalue weighted by Crippen LogP contribution is 2.26. The Morgan fingerprint density at radius 1 is 1.15 bits per heavy atom. The molecule has 4 rings (SSSR count). The van der Waals surface area contributed by atoms with Crippen LogP contribution in [0.15, 0.2) is 24.3 Å². The lowest BCUT2D eigenvalue weighted by molar-refractivity contribution is 0.0941. The molecular weight excluding hydrogens is 336 g/mol. The molecule has 0 bridgehead atoms. The minimum absolute atomic E-state index is 0.0507. The second kappa shape index (κ2) is 6.80. The van der Waals surface area contributed by atoms with Crippen LogP contribution in [0.4, 0.5) is 0 Å². The van der Waals surface area contributed by atoms with E-state index in [-0.39, 0.29) is 11.9 Å². The van der Waals surface area contributed by atoms with Crippen LogP contribution in [0.5, 0.6) is 0 Å². The van der Waals surface area contributed by atoms with Gasteiger partial charge in [-0.1, -0.05) is 18.2 Å². The molecule has 0 aliphatic heterocycles. The van der Waals surface area contributed by atoms with Crippen molar-refractivity contribution >= 4 is 16.9 Å². The van der Waals surface area contributed by atoms with Crippen LogP contribution in [-0.2, 0) is 19.9 Å². The van der Waals surface area contributed by atoms with Crippen LogP contribution in [-0.4, -0.2) is 20.7 Å². The predicted molar refractivity (Wildman–Crippen MR) is 107 cm³/mol. The number of hydrogen-bond donors (Lipinski definition) is 1. The number of rotatable bonds is 3. The number of hydrogen-bond acceptors (Lipinski definition) is 3. The fourth-order valence-corrected chi connectivity index (χ4v) is 4.13. The van der Waals surface area contributed by atoms with Crippen molar-refractivity contribution in [3.05, 3.63) is 57.9 Å². The van der Waals surface area contributed by atoms with Gasteiger partial charge in [-0.3, -0.25) is 9.48 Å². The third-order valence-electron chi connectivity index (χ3n) is 5.56. The molecule has 0 fully saturated rings. The molecule has 2 heterocycles. The molecule has 140 valence electrons. The molecule has 1 unspecified atom stereocenters. The number of nitrogens with one attached hydrogen (secondary N) is 1. The van der Waals surface area contributed by atoms with E-state index >= 15 is 0 Å². The zero-order chi connectivity index (χ0) is 19.1. The van der Waals surface area contributed by atoms with Gasteiger partial charge < -0.3 is 5.32 Å². The van der Waals surface area contributed by atoms with Crippen LogP contribution in [0.3, 0.4) is 0 Å². The monoisotopic (exact) mass is 362 g/mol. The number of carbonyl (C=O) groups excluding carboxylic acids is 1. The van der Waals surface area contributed by atoms with Crippen molar-refractivity contribution < 1.29 is 4.79 Å². The maximum atomic E-state index is 13.1. The summed E-state index contributed by atoms with van der Waals surface area (Å²) >= 11 is 0. The van der Waals surface area contributed by atoms with Gasteiger partial charge in [-0.15, -0.1) is 0 Å². The third kappa shape index (κ3) is 3.22. The van der Waals surface area contributed by atoms with E-state index in [0.717, 1.165) is 34.4 Å². The summed E-state index contributed by atoms with van der Waals surface area (Å²) in [6.45, 7) is 5.87. The molecule has 2 aromatic heterocycles. The number of nitrogens with zero attached hydrogens (tertiary/aromatic N) is 3. The molecule has 5 heteroatoms. The number of aromatic nitrogens is 3. The molecule has 1 atom stereocenters. The summed E-state index contributed by atoms with van der Waals surface area (Å²) in [7, 11) is 1.86. The Hall–Kier alpha value is -2.69. The van der Waals surface area contributed by atoms with Crippen molar-refractivity contribution in [2.45, 2.75) is 52.5 Å². The van der Waals surface area contributed by atoms with Gasteiger partial charge in [0.2, 0.25) is 0 Å². The van der Waals surface area contributed by atoms with Crippen LogP contribution in [0.2, 0.25) is 0 Å². The molecule has 0 saturated carbocycles. The Morgan fingerprint density at radius 2 is 1.89 bits per heavy atom. The van der Waals surface area contributed by atoms with Crippen molar-refractivity contribution in [3.63, 3.8) is 0 Å². The molecule has 3 aromatic rings. The molecule has 1 N–H and O–H groups in total. The number of pyridine rings is 1. The molecule has 1 amide bonds. The molecule has 5 nitrogen and oxygen atoms in total. The third-order valence-corrected chi connectivity index (χ3v) is 5.56. The quantitative estimate of drug-likeness (QED) is 0.767. The number of fused-ring (bicyclic) bond motifs is 2. The summed E-state index contributed by atoms with van der Waals surface area (Å²) in [6, 6.07) is 8.45. The fourth-order valence-electron chi connectivity index (χ4n) is 4.13. The van der Waals surface area contributed by atoms with Crippen molar-refractivity contribution in [2.24, 2.45) is 7.05 Å². The maximum absolute atomic E-state index is 13.1. The van der Waals surface area contributed by atoms with Crippen LogP contribution in [0.25, 0.3) is 11.0 Å². The van der Waals surface area contributed by atoms with Gasteiger partial charge in [0.05, 0.1) is 22.7 Å². The van der Waals surface area contributed by atoms with Crippen molar-refractivity contribution in [3.8, 4) is 0 Å². The fraction of sp³-hybridized carbons (Fsp3) is 0.409. The van der Waals surface area contributed by atoms with Gasteiger partial charge in [0.25, 0.3) is 5.91 Å². The highest BCUT2D eigenvalue weighted by molar-refractivity contribution is 6.06. The largest absolute Gasteiger partial charge is 0.345 e. The van der Waals surface area contributed by atoms with E-state index in [9.17, 15) is 4.79 Å². The number of aryl methyl sites for hydroxylation is 5. The minimum atomic E-state index is -0.0770. The second-order valence-electron chi connectivity index (χ2n) is 7.65. The number of benzene rings is 1. The van der Waals surface area contributed by atoms with Crippen LogP contribution in [0, 0.1) is 13.8 Å². The molecule has 0 spiro atoms. The molecule has 1 aromatic carbocycles. The topological polar surface area (TPSA) is 59.8 Å². The van der Waals surface area contributed by atoms with Gasteiger partial charge >= 0.3 is 0 Å². The molecular formula is C22H26N4O. The first-order valence-corrected chi connectivity index (χ1v) is 9.67. The summed E-state index contributed by atoms with van der Waals surface area (Å²) in [4.78, 5) is 17.6. The summed E-state index contributed by atoms with van der Waals surface area (Å²) in [6.07, 6.45) is 4.85. The molecule has 1 aliphatic rings. The molecule has 1 aliphatic carbocycles. The first-order valence-electron chi connectivity index (χ1n) is 9.67. The van der Waals surface area contributed by atoms with Crippen molar-refractivity contribution in [2.75, 3.05) is 0 Å². The van der Waals surface area contributed by atoms with E-state index in [1.165, 1.54) is 30.4 Å². The average Bonchev–Trinajstić information content (AvgIpc) is 2.94. The van der Waals surface area contributed by atoms with Crippen LogP contribution >= 0.6 is 0 Å². The lowest BCUT2D eigenvalue weighted by Gasteiger charge is -2.20. The number of amides is 1. The molecule has 0 saturated heterocycles. The summed E-state index contributed by atoms with van der Waals surface area (Å²) in [5.41, 5.74) is 7.09. The average molecular weight is 362 g/mol. The normalized spacial score (nSPS) is 14.8. The highest BCUT2D eigenvalue weighted by atomic mass is 16.1. The van der Waals surface area contributed by atoms with Crippen molar-refractivity contribution in [1.29, 1.82) is 0 Å². The molecule has 0 radical (unpaired) electrons. The highest BCUT2D eigenvalue weighted by Gasteiger charge is 2.20. The molecule has 27 heavy (non-hydrogen) atoms. The van der Waals surface area contributed by atoms with E-state index in [4.69, 9.17) is 0 Å². The van der Waals surface area contributed by atoms with Crippen molar-refractivity contribution in [1.82, 2.24) is 20.1 Å². The Kier molecular flexibility index (Phi) is 4.46. The van der Waals surface area contributed by atoms with Gasteiger partial charge in [0.15, 0.2) is 5.65 Å². The Morgan fingerprint density at radius 3 is 2.67 bits per heavy atom. The zero-order valence-electron chi connectivity index (χ0n) is 16.5. The Balaban J connectivity index is 1.63. The second-order valence-corrected chi connectivity index (χ2v) is 7.65. The lowest BCUT2D eigenvalue weighted by atomic mass is 9.89. The summed E-state index contributed by atoms with van der Waals surface area (Å²) in [5.74, 6) is -0.0770. The number of carbonyl (C=O) groups is 1. The summed E-state index contributed by atoms with van der Waals surface area (Å²) in [5, 5.41) is 8.44.